The molecule has 3 nitrogen and oxygen atoms in total. The third-order valence-electron chi connectivity index (χ3n) is 3.08. The molecule has 1 heterocycles. The molecular formula is C11H20O3. The van der Waals surface area contributed by atoms with Gasteiger partial charge in [0, 0.05) is 6.61 Å². The summed E-state index contributed by atoms with van der Waals surface area (Å²) >= 11 is 0. The van der Waals surface area contributed by atoms with Crippen molar-refractivity contribution < 1.29 is 14.6 Å². The van der Waals surface area contributed by atoms with Gasteiger partial charge in [0.1, 0.15) is 0 Å². The van der Waals surface area contributed by atoms with Gasteiger partial charge in [-0.2, -0.15) is 0 Å². The van der Waals surface area contributed by atoms with Crippen molar-refractivity contribution >= 4 is 5.97 Å². The van der Waals surface area contributed by atoms with Gasteiger partial charge in [-0.1, -0.05) is 26.7 Å². The molecule has 0 aromatic rings. The lowest BCUT2D eigenvalue weighted by atomic mass is 9.78. The molecule has 14 heavy (non-hydrogen) atoms. The summed E-state index contributed by atoms with van der Waals surface area (Å²) in [5, 5.41) is 9.20. The van der Waals surface area contributed by atoms with Gasteiger partial charge in [0.05, 0.1) is 12.0 Å². The molecule has 0 bridgehead atoms. The predicted octanol–water partition coefficient (Wildman–Crippen LogP) is 2.30. The Bertz CT molecular complexity index is 195. The van der Waals surface area contributed by atoms with Crippen molar-refractivity contribution in [1.82, 2.24) is 0 Å². The highest BCUT2D eigenvalue weighted by atomic mass is 16.5. The van der Waals surface area contributed by atoms with Crippen LogP contribution < -0.4 is 0 Å². The van der Waals surface area contributed by atoms with Crippen LogP contribution in [0.25, 0.3) is 0 Å². The largest absolute Gasteiger partial charge is 0.481 e. The fourth-order valence-corrected chi connectivity index (χ4v) is 2.29. The first kappa shape index (κ1) is 11.5. The highest BCUT2D eigenvalue weighted by molar-refractivity contribution is 5.75. The number of carboxylic acid groups (broad SMARTS) is 1. The van der Waals surface area contributed by atoms with Crippen LogP contribution in [-0.4, -0.2) is 24.3 Å². The standard InChI is InChI=1S/C11H20O3/c1-3-4-9(2)7-11(10(12)13)5-6-14-8-11/h9H,3-8H2,1-2H3,(H,12,13). The Hall–Kier alpha value is -0.570. The second kappa shape index (κ2) is 4.78. The normalized spacial score (nSPS) is 29.0. The van der Waals surface area contributed by atoms with E-state index in [4.69, 9.17) is 4.74 Å². The van der Waals surface area contributed by atoms with Gasteiger partial charge in [-0.05, 0) is 18.8 Å². The topological polar surface area (TPSA) is 46.5 Å². The third kappa shape index (κ3) is 2.47. The molecule has 2 unspecified atom stereocenters. The maximum absolute atomic E-state index is 11.2. The first-order chi connectivity index (χ1) is 6.60. The Labute approximate surface area is 85.5 Å². The zero-order valence-electron chi connectivity index (χ0n) is 9.08. The van der Waals surface area contributed by atoms with Crippen LogP contribution in [0.15, 0.2) is 0 Å². The molecule has 1 fully saturated rings. The van der Waals surface area contributed by atoms with Crippen LogP contribution in [0.1, 0.15) is 39.5 Å². The van der Waals surface area contributed by atoms with Crippen molar-refractivity contribution in [3.05, 3.63) is 0 Å². The van der Waals surface area contributed by atoms with Gasteiger partial charge < -0.3 is 9.84 Å². The Morgan fingerprint density at radius 3 is 2.79 bits per heavy atom. The number of hydrogen-bond acceptors (Lipinski definition) is 2. The molecule has 1 aliphatic rings. The van der Waals surface area contributed by atoms with Crippen molar-refractivity contribution in [2.45, 2.75) is 39.5 Å². The third-order valence-corrected chi connectivity index (χ3v) is 3.08. The molecule has 1 saturated heterocycles. The molecule has 82 valence electrons. The minimum absolute atomic E-state index is 0.399. The van der Waals surface area contributed by atoms with E-state index in [0.29, 0.717) is 25.6 Å². The molecule has 0 spiro atoms. The van der Waals surface area contributed by atoms with Crippen molar-refractivity contribution in [3.8, 4) is 0 Å². The van der Waals surface area contributed by atoms with Gasteiger partial charge >= 0.3 is 5.97 Å². The van der Waals surface area contributed by atoms with Gasteiger partial charge in [-0.3, -0.25) is 4.79 Å². The average molecular weight is 200 g/mol. The Balaban J connectivity index is 2.55. The number of ether oxygens (including phenoxy) is 1. The lowest BCUT2D eigenvalue weighted by molar-refractivity contribution is -0.150. The summed E-state index contributed by atoms with van der Waals surface area (Å²) in [5.74, 6) is -0.198. The van der Waals surface area contributed by atoms with Crippen LogP contribution in [0, 0.1) is 11.3 Å². The molecular weight excluding hydrogens is 180 g/mol. The minimum Gasteiger partial charge on any atom is -0.481 e. The maximum Gasteiger partial charge on any atom is 0.312 e. The number of carboxylic acids is 1. The van der Waals surface area contributed by atoms with Gasteiger partial charge in [-0.15, -0.1) is 0 Å². The minimum atomic E-state index is -0.682. The number of aliphatic carboxylic acids is 1. The van der Waals surface area contributed by atoms with E-state index >= 15 is 0 Å². The summed E-state index contributed by atoms with van der Waals surface area (Å²) in [6.07, 6.45) is 3.67. The predicted molar refractivity (Wildman–Crippen MR) is 54.2 cm³/mol. The van der Waals surface area contributed by atoms with Gasteiger partial charge in [0.25, 0.3) is 0 Å². The van der Waals surface area contributed by atoms with Gasteiger partial charge in [0.15, 0.2) is 0 Å². The molecule has 1 aliphatic heterocycles. The summed E-state index contributed by atoms with van der Waals surface area (Å²) in [6.45, 7) is 5.27. The van der Waals surface area contributed by atoms with E-state index < -0.39 is 11.4 Å². The van der Waals surface area contributed by atoms with E-state index in [0.717, 1.165) is 19.3 Å². The number of hydrogen-bond donors (Lipinski definition) is 1. The lowest BCUT2D eigenvalue weighted by Gasteiger charge is -2.25. The molecule has 0 amide bonds. The van der Waals surface area contributed by atoms with E-state index in [2.05, 4.69) is 13.8 Å². The van der Waals surface area contributed by atoms with Crippen LogP contribution in [0.2, 0.25) is 0 Å². The summed E-state index contributed by atoms with van der Waals surface area (Å²) in [7, 11) is 0. The zero-order chi connectivity index (χ0) is 10.6. The quantitative estimate of drug-likeness (QED) is 0.740. The summed E-state index contributed by atoms with van der Waals surface area (Å²) < 4.78 is 5.22. The molecule has 0 radical (unpaired) electrons. The van der Waals surface area contributed by atoms with Crippen molar-refractivity contribution in [2.75, 3.05) is 13.2 Å². The van der Waals surface area contributed by atoms with E-state index in [-0.39, 0.29) is 0 Å². The van der Waals surface area contributed by atoms with Gasteiger partial charge in [-0.25, -0.2) is 0 Å². The first-order valence-corrected chi connectivity index (χ1v) is 5.42. The SMILES string of the molecule is CCCC(C)CC1(C(=O)O)CCOC1. The van der Waals surface area contributed by atoms with E-state index in [1.54, 1.807) is 0 Å². The monoisotopic (exact) mass is 200 g/mol. The van der Waals surface area contributed by atoms with Crippen LogP contribution >= 0.6 is 0 Å². The smallest absolute Gasteiger partial charge is 0.312 e. The maximum atomic E-state index is 11.2. The van der Waals surface area contributed by atoms with E-state index in [9.17, 15) is 9.90 Å². The molecule has 2 atom stereocenters. The van der Waals surface area contributed by atoms with Crippen LogP contribution in [0.4, 0.5) is 0 Å². The summed E-state index contributed by atoms with van der Waals surface area (Å²) in [5.41, 5.74) is -0.589. The van der Waals surface area contributed by atoms with E-state index in [1.165, 1.54) is 0 Å². The Morgan fingerprint density at radius 1 is 1.64 bits per heavy atom. The number of rotatable bonds is 5. The fraction of sp³-hybridized carbons (Fsp3) is 0.909. The first-order valence-electron chi connectivity index (χ1n) is 5.42. The number of carbonyl (C=O) groups is 1. The second-order valence-electron chi connectivity index (χ2n) is 4.49. The molecule has 0 aromatic heterocycles. The van der Waals surface area contributed by atoms with Crippen molar-refractivity contribution in [3.63, 3.8) is 0 Å². The molecule has 1 N–H and O–H groups in total. The molecule has 0 saturated carbocycles. The zero-order valence-corrected chi connectivity index (χ0v) is 9.08. The molecule has 1 rings (SSSR count). The van der Waals surface area contributed by atoms with Gasteiger partial charge in [0.2, 0.25) is 0 Å². The summed E-state index contributed by atoms with van der Waals surface area (Å²) in [4.78, 5) is 11.2. The highest BCUT2D eigenvalue weighted by Gasteiger charge is 2.43. The lowest BCUT2D eigenvalue weighted by Crippen LogP contribution is -2.33. The second-order valence-corrected chi connectivity index (χ2v) is 4.49. The molecule has 0 aromatic carbocycles. The van der Waals surface area contributed by atoms with Crippen molar-refractivity contribution in [1.29, 1.82) is 0 Å². The molecule has 0 aliphatic carbocycles. The Morgan fingerprint density at radius 2 is 2.36 bits per heavy atom. The van der Waals surface area contributed by atoms with Crippen LogP contribution in [0.5, 0.6) is 0 Å². The molecule has 3 heteroatoms. The highest BCUT2D eigenvalue weighted by Crippen LogP contribution is 2.36. The van der Waals surface area contributed by atoms with E-state index in [1.807, 2.05) is 0 Å². The van der Waals surface area contributed by atoms with Crippen LogP contribution in [0.3, 0.4) is 0 Å². The Kier molecular flexibility index (Phi) is 3.93. The average Bonchev–Trinajstić information content (AvgIpc) is 2.54. The fourth-order valence-electron chi connectivity index (χ4n) is 2.29. The van der Waals surface area contributed by atoms with Crippen molar-refractivity contribution in [2.24, 2.45) is 11.3 Å². The summed E-state index contributed by atoms with van der Waals surface area (Å²) in [6, 6.07) is 0. The van der Waals surface area contributed by atoms with Crippen LogP contribution in [-0.2, 0) is 9.53 Å².